The number of aliphatic imine (C=N–C) groups is 1. The van der Waals surface area contributed by atoms with Gasteiger partial charge in [0.15, 0.2) is 17.8 Å². The molecule has 12 nitrogen and oxygen atoms in total. The van der Waals surface area contributed by atoms with Crippen LogP contribution in [0.25, 0.3) is 10.9 Å². The maximum absolute atomic E-state index is 16.1. The first-order valence-corrected chi connectivity index (χ1v) is 16.5. The van der Waals surface area contributed by atoms with E-state index in [1.165, 1.54) is 4.57 Å². The van der Waals surface area contributed by atoms with Crippen molar-refractivity contribution in [3.05, 3.63) is 110 Å². The minimum Gasteiger partial charge on any atom is -0.755 e. The van der Waals surface area contributed by atoms with Gasteiger partial charge in [0.05, 0.1) is 29.7 Å². The molecule has 15 heteroatoms. The third-order valence-electron chi connectivity index (χ3n) is 8.22. The Bertz CT molecular complexity index is 2010. The molecule has 0 saturated carbocycles. The van der Waals surface area contributed by atoms with Gasteiger partial charge in [0.1, 0.15) is 11.4 Å². The highest BCUT2D eigenvalue weighted by atomic mass is 32.2. The molecule has 1 aliphatic heterocycles. The first-order chi connectivity index (χ1) is 23.4. The lowest BCUT2D eigenvalue weighted by atomic mass is 10.0. The summed E-state index contributed by atoms with van der Waals surface area (Å²) in [7, 11) is 0. The normalized spacial score (nSPS) is 13.8. The van der Waals surface area contributed by atoms with Crippen molar-refractivity contribution in [2.75, 3.05) is 23.9 Å². The molecule has 0 spiro atoms. The van der Waals surface area contributed by atoms with E-state index in [0.29, 0.717) is 40.9 Å². The first-order valence-electron chi connectivity index (χ1n) is 15.4. The molecule has 49 heavy (non-hydrogen) atoms. The summed E-state index contributed by atoms with van der Waals surface area (Å²) >= 11 is -3.06. The van der Waals surface area contributed by atoms with E-state index in [4.69, 9.17) is 0 Å². The number of nitrogens with zero attached hydrogens (tertiary/aromatic N) is 3. The van der Waals surface area contributed by atoms with Crippen LogP contribution in [0.5, 0.6) is 0 Å². The molecule has 1 amide bonds. The minimum absolute atomic E-state index is 0.0947. The van der Waals surface area contributed by atoms with Gasteiger partial charge in [-0.2, -0.15) is 0 Å². The number of amides is 1. The van der Waals surface area contributed by atoms with E-state index < -0.39 is 63.7 Å². The van der Waals surface area contributed by atoms with Crippen molar-refractivity contribution in [3.8, 4) is 0 Å². The molecule has 258 valence electrons. The van der Waals surface area contributed by atoms with Crippen LogP contribution in [0.2, 0.25) is 0 Å². The molecule has 0 saturated heterocycles. The largest absolute Gasteiger partial charge is 0.755 e. The summed E-state index contributed by atoms with van der Waals surface area (Å²) < 4.78 is 58.4. The number of aryl methyl sites for hydroxylation is 5. The van der Waals surface area contributed by atoms with Gasteiger partial charge in [0.2, 0.25) is 5.43 Å². The highest BCUT2D eigenvalue weighted by Gasteiger charge is 2.31. The summed E-state index contributed by atoms with van der Waals surface area (Å²) in [5.74, 6) is -4.20. The van der Waals surface area contributed by atoms with E-state index >= 15 is 8.78 Å². The predicted octanol–water partition coefficient (Wildman–Crippen LogP) is 2.98. The van der Waals surface area contributed by atoms with Gasteiger partial charge >= 0.3 is 5.97 Å². The zero-order chi connectivity index (χ0) is 35.4. The van der Waals surface area contributed by atoms with E-state index in [1.54, 1.807) is 26.0 Å². The topological polar surface area (TPSA) is 168 Å². The number of nitrogens with one attached hydrogen (secondary N) is 3. The Morgan fingerprint density at radius 3 is 2.45 bits per heavy atom. The molecule has 2 heterocycles. The number of anilines is 1. The second-order valence-corrected chi connectivity index (χ2v) is 12.5. The predicted molar refractivity (Wildman–Crippen MR) is 181 cm³/mol. The molecule has 5 rings (SSSR count). The number of aromatic nitrogens is 1. The number of benzene rings is 3. The van der Waals surface area contributed by atoms with Gasteiger partial charge in [-0.1, -0.05) is 48.0 Å². The van der Waals surface area contributed by atoms with Crippen LogP contribution in [-0.4, -0.2) is 61.9 Å². The number of carbonyl (C=O) groups excluding carboxylic acids is 1. The molecule has 0 aliphatic carbocycles. The minimum atomic E-state index is -3.06. The van der Waals surface area contributed by atoms with E-state index in [1.807, 2.05) is 37.3 Å². The molecule has 2 unspecified atom stereocenters. The van der Waals surface area contributed by atoms with E-state index in [-0.39, 0.29) is 29.9 Å². The number of rotatable bonds is 12. The molecule has 0 bridgehead atoms. The van der Waals surface area contributed by atoms with Gasteiger partial charge < -0.3 is 30.2 Å². The SMILES string of the molecule is Cc1cc(C)c(N(C(CNC(=O)c2cn(CCc3ccccc3)c3c(F)c(CNC4=NCCN4)c(F)cc3c2=O)C(=O)O)S(=O)[O-])c(C)c1. The van der Waals surface area contributed by atoms with Gasteiger partial charge in [-0.05, 0) is 49.9 Å². The van der Waals surface area contributed by atoms with Crippen molar-refractivity contribution < 1.29 is 32.2 Å². The molecule has 0 radical (unpaired) electrons. The molecular weight excluding hydrogens is 658 g/mol. The highest BCUT2D eigenvalue weighted by Crippen LogP contribution is 2.29. The third-order valence-corrected chi connectivity index (χ3v) is 8.98. The molecule has 2 atom stereocenters. The summed E-state index contributed by atoms with van der Waals surface area (Å²) in [5, 5.41) is 17.8. The number of guanidine groups is 1. The van der Waals surface area contributed by atoms with Crippen molar-refractivity contribution >= 4 is 45.7 Å². The van der Waals surface area contributed by atoms with Crippen LogP contribution in [0, 0.1) is 32.4 Å². The fourth-order valence-corrected chi connectivity index (χ4v) is 6.83. The molecular formula is C34H35F2N6O6S-. The van der Waals surface area contributed by atoms with Crippen LogP contribution in [0.4, 0.5) is 14.5 Å². The van der Waals surface area contributed by atoms with Gasteiger partial charge in [-0.3, -0.25) is 23.1 Å². The quantitative estimate of drug-likeness (QED) is 0.164. The Labute approximate surface area is 283 Å². The summed E-state index contributed by atoms with van der Waals surface area (Å²) in [6.45, 7) is 5.30. The third kappa shape index (κ3) is 7.62. The lowest BCUT2D eigenvalue weighted by molar-refractivity contribution is -0.138. The number of hydrogen-bond donors (Lipinski definition) is 4. The molecule has 1 aromatic heterocycles. The van der Waals surface area contributed by atoms with Crippen molar-refractivity contribution in [2.45, 2.75) is 46.3 Å². The smallest absolute Gasteiger partial charge is 0.329 e. The maximum atomic E-state index is 16.1. The number of aliphatic carboxylic acids is 1. The zero-order valence-electron chi connectivity index (χ0n) is 27.0. The Hall–Kier alpha value is -5.15. The second kappa shape index (κ2) is 15.0. The average Bonchev–Trinajstić information content (AvgIpc) is 3.57. The van der Waals surface area contributed by atoms with Gasteiger partial charge in [-0.25, -0.2) is 13.6 Å². The number of halogens is 2. The number of carbonyl (C=O) groups is 2. The van der Waals surface area contributed by atoms with Gasteiger partial charge in [0.25, 0.3) is 5.91 Å². The summed E-state index contributed by atoms with van der Waals surface area (Å²) in [4.78, 5) is 43.8. The number of pyridine rings is 1. The Balaban J connectivity index is 1.52. The van der Waals surface area contributed by atoms with E-state index in [2.05, 4.69) is 20.9 Å². The molecule has 3 aromatic carbocycles. The molecule has 4 N–H and O–H groups in total. The van der Waals surface area contributed by atoms with Crippen molar-refractivity contribution in [1.29, 1.82) is 0 Å². The maximum Gasteiger partial charge on any atom is 0.329 e. The summed E-state index contributed by atoms with van der Waals surface area (Å²) in [6.07, 6.45) is 1.52. The number of hydrogen-bond acceptors (Lipinski definition) is 8. The Morgan fingerprint density at radius 1 is 1.14 bits per heavy atom. The monoisotopic (exact) mass is 693 g/mol. The highest BCUT2D eigenvalue weighted by molar-refractivity contribution is 7.80. The zero-order valence-corrected chi connectivity index (χ0v) is 27.8. The molecule has 4 aromatic rings. The van der Waals surface area contributed by atoms with Crippen molar-refractivity contribution in [1.82, 2.24) is 20.5 Å². The van der Waals surface area contributed by atoms with Gasteiger partial charge in [-0.15, -0.1) is 0 Å². The number of carboxylic acids is 1. The van der Waals surface area contributed by atoms with Crippen LogP contribution in [0.15, 0.2) is 64.5 Å². The van der Waals surface area contributed by atoms with Crippen molar-refractivity contribution in [2.24, 2.45) is 4.99 Å². The van der Waals surface area contributed by atoms with Crippen LogP contribution < -0.4 is 25.7 Å². The van der Waals surface area contributed by atoms with Gasteiger partial charge in [0, 0.05) is 42.7 Å². The fourth-order valence-electron chi connectivity index (χ4n) is 6.02. The lowest BCUT2D eigenvalue weighted by Crippen LogP contribution is -2.50. The first kappa shape index (κ1) is 35.2. The fraction of sp³-hybridized carbons (Fsp3) is 0.294. The molecule has 0 fully saturated rings. The van der Waals surface area contributed by atoms with Crippen molar-refractivity contribution in [3.63, 3.8) is 0 Å². The van der Waals surface area contributed by atoms with Crippen LogP contribution in [-0.2, 0) is 35.6 Å². The van der Waals surface area contributed by atoms with E-state index in [0.717, 1.165) is 23.4 Å². The van der Waals surface area contributed by atoms with Crippen LogP contribution in [0.1, 0.15) is 38.2 Å². The standard InChI is InChI=1S/C34H36F2N6O6S/c1-19-13-20(2)29(21(3)14-19)42(49(47)48)27(33(45)46)17-39-32(44)25-18-41(12-9-22-7-5-4-6-8-22)30-23(31(25)43)15-26(35)24(28(30)36)16-40-34-37-10-11-38-34/h4-8,13-15,18,27H,9-12,16-17H2,1-3H3,(H,39,44)(H,45,46)(H,47,48)(H2,37,38,40)/p-1. The van der Waals surface area contributed by atoms with Crippen LogP contribution in [0.3, 0.4) is 0 Å². The summed E-state index contributed by atoms with van der Waals surface area (Å²) in [5.41, 5.74) is 0.840. The second-order valence-electron chi connectivity index (χ2n) is 11.7. The lowest BCUT2D eigenvalue weighted by Gasteiger charge is -2.34. The average molecular weight is 694 g/mol. The Morgan fingerprint density at radius 2 is 1.84 bits per heavy atom. The Kier molecular flexibility index (Phi) is 10.7. The summed E-state index contributed by atoms with van der Waals surface area (Å²) in [6, 6.07) is 11.7. The number of fused-ring (bicyclic) bond motifs is 1. The van der Waals surface area contributed by atoms with Crippen LogP contribution >= 0.6 is 0 Å². The molecule has 1 aliphatic rings. The number of carboxylic acid groups (broad SMARTS) is 1. The van der Waals surface area contributed by atoms with E-state index in [9.17, 15) is 28.3 Å².